The second kappa shape index (κ2) is 20.4. The summed E-state index contributed by atoms with van der Waals surface area (Å²) >= 11 is 0. The van der Waals surface area contributed by atoms with Gasteiger partial charge < -0.3 is 40.4 Å². The van der Waals surface area contributed by atoms with Gasteiger partial charge in [0.1, 0.15) is 23.3 Å². The van der Waals surface area contributed by atoms with Gasteiger partial charge in [-0.3, -0.25) is 29.4 Å². The van der Waals surface area contributed by atoms with Crippen LogP contribution in [0.5, 0.6) is 5.75 Å². The average molecular weight is 884 g/mol. The molecule has 4 aliphatic heterocycles. The normalized spacial score (nSPS) is 19.8. The minimum atomic E-state index is -0.648. The van der Waals surface area contributed by atoms with E-state index in [4.69, 9.17) is 10.5 Å². The second-order valence-electron chi connectivity index (χ2n) is 17.2. The first-order valence-electron chi connectivity index (χ1n) is 22.8. The Kier molecular flexibility index (Phi) is 14.7. The van der Waals surface area contributed by atoms with Crippen molar-refractivity contribution in [1.82, 2.24) is 25.0 Å². The van der Waals surface area contributed by atoms with Crippen molar-refractivity contribution in [3.05, 3.63) is 71.4 Å². The van der Waals surface area contributed by atoms with Crippen molar-refractivity contribution < 1.29 is 32.7 Å². The van der Waals surface area contributed by atoms with Crippen molar-refractivity contribution >= 4 is 51.6 Å². The number of carbonyl (C=O) groups excluding carboxylic acids is 4. The van der Waals surface area contributed by atoms with Gasteiger partial charge in [-0.2, -0.15) is 0 Å². The lowest BCUT2D eigenvalue weighted by molar-refractivity contribution is -0.134. The first kappa shape index (κ1) is 46.3. The largest absolute Gasteiger partial charge is 0.495 e. The summed E-state index contributed by atoms with van der Waals surface area (Å²) < 4.78 is 37.7. The summed E-state index contributed by atoms with van der Waals surface area (Å²) in [5.74, 6) is -1.54. The van der Waals surface area contributed by atoms with E-state index >= 15 is 8.78 Å². The Morgan fingerprint density at radius 2 is 1.62 bits per heavy atom. The number of nitrogens with zero attached hydrogens (tertiary/aromatic N) is 5. The van der Waals surface area contributed by atoms with E-state index in [1.54, 1.807) is 31.1 Å². The van der Waals surface area contributed by atoms with Crippen LogP contribution in [0.3, 0.4) is 0 Å². The molecule has 4 aromatic rings. The average Bonchev–Trinajstić information content (AvgIpc) is 3.77. The van der Waals surface area contributed by atoms with Crippen molar-refractivity contribution in [2.75, 3.05) is 95.2 Å². The Morgan fingerprint density at radius 3 is 2.28 bits per heavy atom. The first-order chi connectivity index (χ1) is 30.9. The summed E-state index contributed by atoms with van der Waals surface area (Å²) in [6, 6.07) is 14.8. The lowest BCUT2D eigenvalue weighted by Crippen LogP contribution is -2.53. The van der Waals surface area contributed by atoms with Crippen LogP contribution < -0.4 is 30.9 Å². The Morgan fingerprint density at radius 1 is 0.906 bits per heavy atom. The van der Waals surface area contributed by atoms with E-state index in [1.165, 1.54) is 18.1 Å². The molecule has 0 aliphatic carbocycles. The minimum Gasteiger partial charge on any atom is -0.495 e. The number of aromatic nitrogens is 1. The van der Waals surface area contributed by atoms with Gasteiger partial charge in [-0.25, -0.2) is 8.78 Å². The Bertz CT molecular complexity index is 2320. The molecule has 4 amide bonds. The number of hydrogen-bond donors (Lipinski definition) is 4. The van der Waals surface area contributed by atoms with Crippen molar-refractivity contribution in [3.63, 3.8) is 0 Å². The molecule has 2 atom stereocenters. The van der Waals surface area contributed by atoms with Gasteiger partial charge >= 0.3 is 0 Å². The molecule has 3 aromatic carbocycles. The van der Waals surface area contributed by atoms with Crippen LogP contribution in [0.25, 0.3) is 22.0 Å². The number of imide groups is 1. The Hall–Kier alpha value is -5.74. The first-order valence-corrected chi connectivity index (χ1v) is 22.8. The van der Waals surface area contributed by atoms with Crippen molar-refractivity contribution in [3.8, 4) is 16.9 Å². The molecule has 0 radical (unpaired) electrons. The molecule has 0 bridgehead atoms. The number of fused-ring (bicyclic) bond motifs is 1. The van der Waals surface area contributed by atoms with E-state index in [1.807, 2.05) is 19.9 Å². The topological polar surface area (TPSA) is 160 Å². The van der Waals surface area contributed by atoms with Crippen LogP contribution >= 0.6 is 0 Å². The molecule has 8 rings (SSSR count). The van der Waals surface area contributed by atoms with Crippen LogP contribution in [0.1, 0.15) is 80.8 Å². The van der Waals surface area contributed by atoms with Gasteiger partial charge in [0, 0.05) is 121 Å². The third-order valence-electron chi connectivity index (χ3n) is 13.1. The van der Waals surface area contributed by atoms with Gasteiger partial charge in [0.15, 0.2) is 5.82 Å². The molecule has 4 fully saturated rings. The van der Waals surface area contributed by atoms with Crippen LogP contribution in [0.15, 0.2) is 48.5 Å². The summed E-state index contributed by atoms with van der Waals surface area (Å²) in [5.41, 5.74) is 10.5. The number of carbonyl (C=O) groups is 4. The maximum absolute atomic E-state index is 16.5. The number of piperidine rings is 3. The summed E-state index contributed by atoms with van der Waals surface area (Å²) in [6.45, 7) is 10.2. The Balaban J connectivity index is 0.00000302. The molecule has 344 valence electrons. The summed E-state index contributed by atoms with van der Waals surface area (Å²) in [6.07, 6.45) is 4.11. The lowest BCUT2D eigenvalue weighted by Gasteiger charge is -2.44. The lowest BCUT2D eigenvalue weighted by atomic mass is 9.87. The SMILES string of the molecule is CC.COc1cc(N2CCC(N3CCN(c4ccc(-c5cc(C6CCCN(C(=O)CCN)C6)c(F)c6[nH]c(C(=O)N(C)C)cc56)cc4)CC3)CC2)c(F)cc1NC1CCC(=O)NC1=O. The second-order valence-corrected chi connectivity index (χ2v) is 17.2. The van der Waals surface area contributed by atoms with Crippen molar-refractivity contribution in [1.29, 1.82) is 0 Å². The molecule has 0 saturated carbocycles. The molecule has 14 nitrogen and oxygen atoms in total. The molecule has 1 aromatic heterocycles. The van der Waals surface area contributed by atoms with Gasteiger partial charge in [0.2, 0.25) is 17.7 Å². The fourth-order valence-electron chi connectivity index (χ4n) is 9.67. The number of nitrogens with two attached hydrogens (primary N) is 1. The number of halogens is 2. The molecule has 5 N–H and O–H groups in total. The van der Waals surface area contributed by atoms with E-state index in [0.29, 0.717) is 77.9 Å². The van der Waals surface area contributed by atoms with Crippen LogP contribution in [-0.4, -0.2) is 136 Å². The summed E-state index contributed by atoms with van der Waals surface area (Å²) in [5, 5.41) is 6.01. The summed E-state index contributed by atoms with van der Waals surface area (Å²) in [7, 11) is 4.85. The molecule has 5 heterocycles. The molecule has 4 saturated heterocycles. The predicted octanol–water partition coefficient (Wildman–Crippen LogP) is 5.91. The minimum absolute atomic E-state index is 0.0141. The molecule has 2 unspecified atom stereocenters. The van der Waals surface area contributed by atoms with Crippen molar-refractivity contribution in [2.45, 2.75) is 76.8 Å². The monoisotopic (exact) mass is 883 g/mol. The zero-order valence-electron chi connectivity index (χ0n) is 37.8. The number of benzene rings is 3. The smallest absolute Gasteiger partial charge is 0.269 e. The quantitative estimate of drug-likeness (QED) is 0.134. The highest BCUT2D eigenvalue weighted by Crippen LogP contribution is 2.40. The van der Waals surface area contributed by atoms with Gasteiger partial charge in [-0.15, -0.1) is 0 Å². The highest BCUT2D eigenvalue weighted by atomic mass is 19.1. The molecular formula is C48H63F2N9O5. The van der Waals surface area contributed by atoms with Crippen molar-refractivity contribution in [2.24, 2.45) is 5.73 Å². The fraction of sp³-hybridized carbons (Fsp3) is 0.500. The van der Waals surface area contributed by atoms with E-state index in [-0.39, 0.29) is 48.8 Å². The number of rotatable bonds is 11. The molecular weight excluding hydrogens is 821 g/mol. The number of amides is 4. The maximum Gasteiger partial charge on any atom is 0.269 e. The number of ether oxygens (including phenoxy) is 1. The van der Waals surface area contributed by atoms with E-state index < -0.39 is 17.8 Å². The number of aromatic amines is 1. The van der Waals surface area contributed by atoms with Gasteiger partial charge in [0.25, 0.3) is 5.91 Å². The number of likely N-dealkylation sites (tertiary alicyclic amines) is 1. The van der Waals surface area contributed by atoms with E-state index in [2.05, 4.69) is 54.6 Å². The molecule has 16 heteroatoms. The third kappa shape index (κ3) is 9.82. The van der Waals surface area contributed by atoms with E-state index in [0.717, 1.165) is 68.7 Å². The highest BCUT2D eigenvalue weighted by molar-refractivity contribution is 6.04. The molecule has 64 heavy (non-hydrogen) atoms. The molecule has 4 aliphatic rings. The van der Waals surface area contributed by atoms with Gasteiger partial charge in [-0.1, -0.05) is 26.0 Å². The third-order valence-corrected chi connectivity index (χ3v) is 13.1. The standard InChI is InChI=1S/C46H57F2N9O5.C2H6/c1-53(2)46(61)38-24-34-32(23-33(43(48)44(34)51-38)29-5-4-16-57(27-29)42(59)12-15-49)28-6-8-30(9-7-28)54-19-21-55(22-20-54)31-13-17-56(18-14-31)39-26-40(62-3)37(25-35(39)47)50-36-10-11-41(58)52-45(36)60;1-2/h6-9,23-26,29,31,36,50-51H,4-5,10-22,27,49H2,1-3H3,(H,52,58,60);1-2H3. The number of H-pyrrole nitrogens is 1. The van der Waals surface area contributed by atoms with Gasteiger partial charge in [-0.05, 0) is 73.1 Å². The number of methoxy groups -OCH3 is 1. The van der Waals surface area contributed by atoms with Crippen LogP contribution in [0, 0.1) is 11.6 Å². The van der Waals surface area contributed by atoms with Crippen LogP contribution in [-0.2, 0) is 14.4 Å². The van der Waals surface area contributed by atoms with Gasteiger partial charge in [0.05, 0.1) is 24.0 Å². The fourth-order valence-corrected chi connectivity index (χ4v) is 9.67. The predicted molar refractivity (Wildman–Crippen MR) is 247 cm³/mol. The maximum atomic E-state index is 16.5. The highest BCUT2D eigenvalue weighted by Gasteiger charge is 2.32. The zero-order chi connectivity index (χ0) is 45.7. The number of anilines is 3. The number of hydrogen-bond acceptors (Lipinski definition) is 10. The Labute approximate surface area is 374 Å². The van der Waals surface area contributed by atoms with Crippen LogP contribution in [0.4, 0.5) is 25.8 Å². The van der Waals surface area contributed by atoms with Crippen LogP contribution in [0.2, 0.25) is 0 Å². The number of piperazine rings is 1. The van der Waals surface area contributed by atoms with E-state index in [9.17, 15) is 19.2 Å². The number of nitrogens with one attached hydrogen (secondary N) is 3. The zero-order valence-corrected chi connectivity index (χ0v) is 37.8. The summed E-state index contributed by atoms with van der Waals surface area (Å²) in [4.78, 5) is 63.0. The molecule has 0 spiro atoms.